The second-order valence-corrected chi connectivity index (χ2v) is 6.67. The summed E-state index contributed by atoms with van der Waals surface area (Å²) in [5, 5.41) is 9.89. The number of hydrogen-bond donors (Lipinski definition) is 1. The Kier molecular flexibility index (Phi) is 5.61. The van der Waals surface area contributed by atoms with Crippen molar-refractivity contribution in [3.05, 3.63) is 33.3 Å². The third-order valence-corrected chi connectivity index (χ3v) is 4.85. The maximum atomic E-state index is 12.2. The summed E-state index contributed by atoms with van der Waals surface area (Å²) >= 11 is 9.42. The fourth-order valence-electron chi connectivity index (χ4n) is 2.76. The van der Waals surface area contributed by atoms with E-state index in [9.17, 15) is 9.90 Å². The van der Waals surface area contributed by atoms with Crippen LogP contribution in [-0.4, -0.2) is 41.5 Å². The van der Waals surface area contributed by atoms with E-state index in [-0.39, 0.29) is 18.4 Å². The van der Waals surface area contributed by atoms with E-state index in [1.54, 1.807) is 12.1 Å². The number of carbonyl (C=O) groups is 1. The number of carbonyl (C=O) groups excluding carboxylic acids is 1. The first-order valence-corrected chi connectivity index (χ1v) is 8.03. The molecule has 0 spiro atoms. The van der Waals surface area contributed by atoms with E-state index >= 15 is 0 Å². The van der Waals surface area contributed by atoms with Gasteiger partial charge in [0.2, 0.25) is 0 Å². The zero-order chi connectivity index (χ0) is 14.7. The van der Waals surface area contributed by atoms with Gasteiger partial charge in [-0.1, -0.05) is 34.5 Å². The molecule has 110 valence electrons. The van der Waals surface area contributed by atoms with Crippen LogP contribution in [0.15, 0.2) is 22.7 Å². The summed E-state index contributed by atoms with van der Waals surface area (Å²) < 4.78 is 0.868. The second kappa shape index (κ2) is 7.03. The molecule has 0 bridgehead atoms. The molecule has 0 radical (unpaired) electrons. The fourth-order valence-corrected chi connectivity index (χ4v) is 3.53. The molecule has 1 saturated heterocycles. The molecule has 0 aliphatic carbocycles. The van der Waals surface area contributed by atoms with Crippen molar-refractivity contribution in [1.82, 2.24) is 4.90 Å². The highest BCUT2D eigenvalue weighted by Crippen LogP contribution is 2.25. The molecule has 1 aliphatic rings. The van der Waals surface area contributed by atoms with Gasteiger partial charge in [0, 0.05) is 29.0 Å². The predicted molar refractivity (Wildman–Crippen MR) is 84.3 cm³/mol. The first-order valence-electron chi connectivity index (χ1n) is 6.86. The molecule has 0 amide bonds. The van der Waals surface area contributed by atoms with Crippen LogP contribution in [0, 0.1) is 5.92 Å². The number of Topliss-reactive ketones (excluding diaryl/α,β-unsaturated/α-hetero) is 1. The Morgan fingerprint density at radius 1 is 1.55 bits per heavy atom. The van der Waals surface area contributed by atoms with Crippen LogP contribution in [0.5, 0.6) is 0 Å². The van der Waals surface area contributed by atoms with Crippen LogP contribution < -0.4 is 0 Å². The van der Waals surface area contributed by atoms with E-state index in [1.807, 2.05) is 6.07 Å². The second-order valence-electron chi connectivity index (χ2n) is 5.35. The van der Waals surface area contributed by atoms with Gasteiger partial charge in [-0.15, -0.1) is 0 Å². The Bertz CT molecular complexity index is 495. The van der Waals surface area contributed by atoms with E-state index in [0.29, 0.717) is 29.5 Å². The third-order valence-electron chi connectivity index (χ3n) is 4.04. The van der Waals surface area contributed by atoms with Gasteiger partial charge in [0.1, 0.15) is 0 Å². The van der Waals surface area contributed by atoms with Crippen molar-refractivity contribution in [2.45, 2.75) is 25.8 Å². The summed E-state index contributed by atoms with van der Waals surface area (Å²) in [4.78, 5) is 14.4. The molecule has 1 fully saturated rings. The van der Waals surface area contributed by atoms with Crippen LogP contribution in [0.4, 0.5) is 0 Å². The Labute approximate surface area is 133 Å². The van der Waals surface area contributed by atoms with Gasteiger partial charge < -0.3 is 5.11 Å². The third kappa shape index (κ3) is 3.61. The number of rotatable bonds is 5. The molecular weight excluding hydrogens is 342 g/mol. The van der Waals surface area contributed by atoms with Gasteiger partial charge in [-0.25, -0.2) is 0 Å². The van der Waals surface area contributed by atoms with Crippen molar-refractivity contribution < 1.29 is 9.90 Å². The van der Waals surface area contributed by atoms with Crippen molar-refractivity contribution >= 4 is 33.3 Å². The Hall–Kier alpha value is -0.420. The summed E-state index contributed by atoms with van der Waals surface area (Å²) in [6.45, 7) is 3.94. The topological polar surface area (TPSA) is 40.5 Å². The maximum absolute atomic E-state index is 12.2. The summed E-state index contributed by atoms with van der Waals surface area (Å²) in [5.74, 6) is 0.546. The summed E-state index contributed by atoms with van der Waals surface area (Å²) in [6, 6.07) is 5.50. The minimum atomic E-state index is 0.0544. The van der Waals surface area contributed by atoms with Crippen molar-refractivity contribution in [3.63, 3.8) is 0 Å². The van der Waals surface area contributed by atoms with Gasteiger partial charge in [-0.05, 0) is 37.1 Å². The number of halogens is 2. The van der Waals surface area contributed by atoms with Gasteiger partial charge >= 0.3 is 0 Å². The highest BCUT2D eigenvalue weighted by atomic mass is 79.9. The van der Waals surface area contributed by atoms with Crippen LogP contribution in [0.1, 0.15) is 30.1 Å². The largest absolute Gasteiger partial charge is 0.395 e. The molecule has 1 aromatic rings. The minimum Gasteiger partial charge on any atom is -0.395 e. The molecule has 20 heavy (non-hydrogen) atoms. The summed E-state index contributed by atoms with van der Waals surface area (Å²) in [7, 11) is 0. The van der Waals surface area contributed by atoms with Gasteiger partial charge in [-0.2, -0.15) is 0 Å². The molecule has 2 rings (SSSR count). The van der Waals surface area contributed by atoms with E-state index in [2.05, 4.69) is 27.8 Å². The number of aliphatic hydroxyl groups excluding tert-OH is 1. The monoisotopic (exact) mass is 359 g/mol. The molecule has 3 nitrogen and oxygen atoms in total. The molecular formula is C15H19BrClNO2. The lowest BCUT2D eigenvalue weighted by Crippen LogP contribution is -2.36. The number of benzene rings is 1. The number of aliphatic hydroxyl groups is 1. The quantitative estimate of drug-likeness (QED) is 0.818. The average Bonchev–Trinajstić information content (AvgIpc) is 2.76. The first kappa shape index (κ1) is 16.0. The van der Waals surface area contributed by atoms with Crippen molar-refractivity contribution in [3.8, 4) is 0 Å². The molecule has 1 N–H and O–H groups in total. The summed E-state index contributed by atoms with van der Waals surface area (Å²) in [5.41, 5.74) is 0.572. The molecule has 1 aliphatic heterocycles. The molecule has 1 heterocycles. The van der Waals surface area contributed by atoms with Gasteiger partial charge in [0.15, 0.2) is 5.78 Å². The van der Waals surface area contributed by atoms with E-state index in [0.717, 1.165) is 17.4 Å². The first-order chi connectivity index (χ1) is 9.52. The molecule has 1 aromatic carbocycles. The zero-order valence-electron chi connectivity index (χ0n) is 11.5. The van der Waals surface area contributed by atoms with Gasteiger partial charge in [0.25, 0.3) is 0 Å². The molecule has 5 heteroatoms. The maximum Gasteiger partial charge on any atom is 0.165 e. The van der Waals surface area contributed by atoms with Gasteiger partial charge in [0.05, 0.1) is 11.6 Å². The van der Waals surface area contributed by atoms with Crippen molar-refractivity contribution in [1.29, 1.82) is 0 Å². The van der Waals surface area contributed by atoms with Crippen LogP contribution in [0.3, 0.4) is 0 Å². The predicted octanol–water partition coefficient (Wildman–Crippen LogP) is 3.38. The van der Waals surface area contributed by atoms with Crippen LogP contribution in [0.25, 0.3) is 0 Å². The number of hydrogen-bond acceptors (Lipinski definition) is 3. The average molecular weight is 361 g/mol. The van der Waals surface area contributed by atoms with E-state index in [1.165, 1.54) is 0 Å². The highest BCUT2D eigenvalue weighted by Gasteiger charge is 2.30. The van der Waals surface area contributed by atoms with Crippen molar-refractivity contribution in [2.75, 3.05) is 19.7 Å². The van der Waals surface area contributed by atoms with E-state index in [4.69, 9.17) is 11.6 Å². The Morgan fingerprint density at radius 2 is 2.30 bits per heavy atom. The normalized spacial score (nSPS) is 23.2. The molecule has 0 saturated carbocycles. The fraction of sp³-hybridized carbons (Fsp3) is 0.533. The van der Waals surface area contributed by atoms with Crippen LogP contribution >= 0.6 is 27.5 Å². The number of likely N-dealkylation sites (tertiary alicyclic amines) is 1. The summed E-state index contributed by atoms with van der Waals surface area (Å²) in [6.07, 6.45) is 1.52. The molecule has 2 unspecified atom stereocenters. The standard InChI is InChI=1S/C15H19BrClNO2/c1-10-4-6-18(14(10)9-19)7-5-15(20)12-3-2-11(16)8-13(12)17/h2-3,8,10,14,19H,4-7,9H2,1H3. The molecule has 2 atom stereocenters. The van der Waals surface area contributed by atoms with E-state index < -0.39 is 0 Å². The highest BCUT2D eigenvalue weighted by molar-refractivity contribution is 9.10. The Balaban J connectivity index is 1.95. The lowest BCUT2D eigenvalue weighted by molar-refractivity contribution is 0.0934. The zero-order valence-corrected chi connectivity index (χ0v) is 13.8. The minimum absolute atomic E-state index is 0.0544. The lowest BCUT2D eigenvalue weighted by Gasteiger charge is -2.24. The molecule has 0 aromatic heterocycles. The van der Waals surface area contributed by atoms with Crippen molar-refractivity contribution in [2.24, 2.45) is 5.92 Å². The number of ketones is 1. The smallest absolute Gasteiger partial charge is 0.165 e. The number of nitrogens with zero attached hydrogens (tertiary/aromatic N) is 1. The van der Waals surface area contributed by atoms with Crippen LogP contribution in [0.2, 0.25) is 5.02 Å². The SMILES string of the molecule is CC1CCN(CCC(=O)c2ccc(Br)cc2Cl)C1CO. The lowest BCUT2D eigenvalue weighted by atomic mass is 10.0. The Morgan fingerprint density at radius 3 is 2.95 bits per heavy atom. The van der Waals surface area contributed by atoms with Crippen LogP contribution in [-0.2, 0) is 0 Å². The van der Waals surface area contributed by atoms with Gasteiger partial charge in [-0.3, -0.25) is 9.69 Å².